The Morgan fingerprint density at radius 3 is 2.72 bits per heavy atom. The van der Waals surface area contributed by atoms with Crippen molar-refractivity contribution < 1.29 is 0 Å². The number of nitrogens with zero attached hydrogens (tertiary/aromatic N) is 3. The third-order valence-electron chi connectivity index (χ3n) is 2.72. The molecule has 0 aliphatic heterocycles. The van der Waals surface area contributed by atoms with E-state index in [0.717, 1.165) is 28.5 Å². The van der Waals surface area contributed by atoms with Gasteiger partial charge >= 0.3 is 0 Å². The van der Waals surface area contributed by atoms with Gasteiger partial charge in [0.1, 0.15) is 0 Å². The first-order valence-corrected chi connectivity index (χ1v) is 6.83. The number of hydrogen-bond acceptors (Lipinski definition) is 4. The molecular weight excluding hydrogens is 268 g/mol. The summed E-state index contributed by atoms with van der Waals surface area (Å²) in [6.07, 6.45) is 0.818. The van der Waals surface area contributed by atoms with E-state index in [4.69, 9.17) is 17.3 Å². The highest BCUT2D eigenvalue weighted by Crippen LogP contribution is 2.25. The van der Waals surface area contributed by atoms with Gasteiger partial charge in [0.15, 0.2) is 5.82 Å². The van der Waals surface area contributed by atoms with E-state index in [0.29, 0.717) is 11.6 Å². The summed E-state index contributed by atoms with van der Waals surface area (Å²) in [4.78, 5) is 0.892. The van der Waals surface area contributed by atoms with E-state index >= 15 is 0 Å². The number of thiazole rings is 1. The van der Waals surface area contributed by atoms with Crippen molar-refractivity contribution in [2.45, 2.75) is 6.42 Å². The van der Waals surface area contributed by atoms with Crippen LogP contribution in [0, 0.1) is 0 Å². The van der Waals surface area contributed by atoms with Crippen LogP contribution in [0.2, 0.25) is 5.02 Å². The van der Waals surface area contributed by atoms with Crippen LogP contribution in [0.5, 0.6) is 0 Å². The molecule has 0 radical (unpaired) electrons. The van der Waals surface area contributed by atoms with E-state index < -0.39 is 0 Å². The van der Waals surface area contributed by atoms with Crippen LogP contribution >= 0.6 is 22.9 Å². The van der Waals surface area contributed by atoms with Crippen LogP contribution < -0.4 is 5.73 Å². The van der Waals surface area contributed by atoms with Crippen LogP contribution in [0.1, 0.15) is 5.69 Å². The summed E-state index contributed by atoms with van der Waals surface area (Å²) in [5.41, 5.74) is 7.77. The van der Waals surface area contributed by atoms with Gasteiger partial charge in [-0.05, 0) is 30.8 Å². The van der Waals surface area contributed by atoms with E-state index in [1.807, 2.05) is 24.3 Å². The molecule has 2 aromatic heterocycles. The molecular formula is C12H11ClN4S. The van der Waals surface area contributed by atoms with Crippen LogP contribution in [0.4, 0.5) is 0 Å². The third-order valence-corrected chi connectivity index (χ3v) is 3.84. The Bertz CT molecular complexity index is 671. The number of halogens is 1. The number of hydrogen-bond donors (Lipinski definition) is 1. The number of fused-ring (bicyclic) bond motifs is 1. The Hall–Kier alpha value is -1.43. The minimum absolute atomic E-state index is 0.615. The summed E-state index contributed by atoms with van der Waals surface area (Å²) < 4.78 is 2.06. The molecule has 0 bridgehead atoms. The molecule has 0 saturated carbocycles. The van der Waals surface area contributed by atoms with E-state index in [2.05, 4.69) is 20.0 Å². The van der Waals surface area contributed by atoms with Gasteiger partial charge in [0.05, 0.1) is 0 Å². The van der Waals surface area contributed by atoms with Gasteiger partial charge in [-0.15, -0.1) is 21.5 Å². The molecule has 0 fully saturated rings. The summed E-state index contributed by atoms with van der Waals surface area (Å²) in [5, 5.41) is 11.2. The average Bonchev–Trinajstić information content (AvgIpc) is 2.94. The minimum atomic E-state index is 0.615. The standard InChI is InChI=1S/C12H11ClN4S/c13-9-3-1-8(2-4-9)11-15-16-12-17(11)10(5-6-14)7-18-12/h1-4,7H,5-6,14H2. The zero-order valence-electron chi connectivity index (χ0n) is 9.51. The monoisotopic (exact) mass is 278 g/mol. The maximum absolute atomic E-state index is 5.89. The second kappa shape index (κ2) is 4.68. The smallest absolute Gasteiger partial charge is 0.216 e. The van der Waals surface area contributed by atoms with Crippen molar-refractivity contribution in [1.29, 1.82) is 0 Å². The van der Waals surface area contributed by atoms with Crippen LogP contribution in [-0.4, -0.2) is 21.1 Å². The zero-order chi connectivity index (χ0) is 12.5. The summed E-state index contributed by atoms with van der Waals surface area (Å²) >= 11 is 7.47. The normalized spacial score (nSPS) is 11.2. The SMILES string of the molecule is NCCc1csc2nnc(-c3ccc(Cl)cc3)n12. The van der Waals surface area contributed by atoms with Crippen LogP contribution in [0.3, 0.4) is 0 Å². The Balaban J connectivity index is 2.16. The van der Waals surface area contributed by atoms with Crippen LogP contribution in [0.25, 0.3) is 16.3 Å². The van der Waals surface area contributed by atoms with Gasteiger partial charge in [-0.2, -0.15) is 0 Å². The fraction of sp³-hybridized carbons (Fsp3) is 0.167. The molecule has 3 rings (SSSR count). The molecule has 2 heterocycles. The predicted molar refractivity (Wildman–Crippen MR) is 74.1 cm³/mol. The summed E-state index contributed by atoms with van der Waals surface area (Å²) in [6, 6.07) is 7.60. The van der Waals surface area contributed by atoms with Gasteiger partial charge in [0.25, 0.3) is 0 Å². The molecule has 0 atom stereocenters. The fourth-order valence-electron chi connectivity index (χ4n) is 1.88. The Kier molecular flexibility index (Phi) is 3.03. The lowest BCUT2D eigenvalue weighted by Crippen LogP contribution is -2.05. The first-order valence-electron chi connectivity index (χ1n) is 5.57. The second-order valence-corrected chi connectivity index (χ2v) is 5.19. The lowest BCUT2D eigenvalue weighted by molar-refractivity contribution is 0.908. The average molecular weight is 279 g/mol. The number of benzene rings is 1. The van der Waals surface area contributed by atoms with Crippen molar-refractivity contribution in [3.05, 3.63) is 40.4 Å². The summed E-state index contributed by atoms with van der Waals surface area (Å²) in [6.45, 7) is 0.615. The summed E-state index contributed by atoms with van der Waals surface area (Å²) in [5.74, 6) is 0.839. The topological polar surface area (TPSA) is 56.2 Å². The molecule has 1 aromatic carbocycles. The van der Waals surface area contributed by atoms with E-state index in [1.165, 1.54) is 0 Å². The number of nitrogens with two attached hydrogens (primary N) is 1. The predicted octanol–water partition coefficient (Wildman–Crippen LogP) is 2.61. The molecule has 6 heteroatoms. The molecule has 0 aliphatic rings. The van der Waals surface area contributed by atoms with Crippen molar-refractivity contribution in [2.24, 2.45) is 5.73 Å². The van der Waals surface area contributed by atoms with Gasteiger partial charge in [-0.1, -0.05) is 11.6 Å². The maximum Gasteiger partial charge on any atom is 0.216 e. The quantitative estimate of drug-likeness (QED) is 0.801. The van der Waals surface area contributed by atoms with Gasteiger partial charge < -0.3 is 5.73 Å². The van der Waals surface area contributed by atoms with Crippen molar-refractivity contribution in [3.8, 4) is 11.4 Å². The maximum atomic E-state index is 5.89. The van der Waals surface area contributed by atoms with E-state index in [1.54, 1.807) is 11.3 Å². The number of aromatic nitrogens is 3. The van der Waals surface area contributed by atoms with E-state index in [9.17, 15) is 0 Å². The van der Waals surface area contributed by atoms with Crippen molar-refractivity contribution in [3.63, 3.8) is 0 Å². The summed E-state index contributed by atoms with van der Waals surface area (Å²) in [7, 11) is 0. The Morgan fingerprint density at radius 2 is 2.00 bits per heavy atom. The van der Waals surface area contributed by atoms with Crippen LogP contribution in [-0.2, 0) is 6.42 Å². The fourth-order valence-corrected chi connectivity index (χ4v) is 2.87. The largest absolute Gasteiger partial charge is 0.330 e. The number of rotatable bonds is 3. The molecule has 18 heavy (non-hydrogen) atoms. The molecule has 0 saturated heterocycles. The minimum Gasteiger partial charge on any atom is -0.330 e. The van der Waals surface area contributed by atoms with Gasteiger partial charge in [0.2, 0.25) is 4.96 Å². The molecule has 92 valence electrons. The van der Waals surface area contributed by atoms with Gasteiger partial charge in [0, 0.05) is 28.1 Å². The highest BCUT2D eigenvalue weighted by Gasteiger charge is 2.12. The van der Waals surface area contributed by atoms with Crippen molar-refractivity contribution >= 4 is 27.9 Å². The highest BCUT2D eigenvalue weighted by molar-refractivity contribution is 7.15. The lowest BCUT2D eigenvalue weighted by atomic mass is 10.2. The molecule has 3 aromatic rings. The first-order chi connectivity index (χ1) is 8.79. The van der Waals surface area contributed by atoms with Crippen molar-refractivity contribution in [2.75, 3.05) is 6.54 Å². The third kappa shape index (κ3) is 1.90. The lowest BCUT2D eigenvalue weighted by Gasteiger charge is -2.01. The van der Waals surface area contributed by atoms with Crippen molar-refractivity contribution in [1.82, 2.24) is 14.6 Å². The van der Waals surface area contributed by atoms with E-state index in [-0.39, 0.29) is 0 Å². The zero-order valence-corrected chi connectivity index (χ0v) is 11.1. The van der Waals surface area contributed by atoms with Gasteiger partial charge in [-0.25, -0.2) is 0 Å². The first kappa shape index (κ1) is 11.6. The Morgan fingerprint density at radius 1 is 1.22 bits per heavy atom. The Labute approximate surface area is 113 Å². The molecule has 0 aliphatic carbocycles. The second-order valence-electron chi connectivity index (χ2n) is 3.91. The molecule has 0 amide bonds. The molecule has 2 N–H and O–H groups in total. The molecule has 0 unspecified atom stereocenters. The molecule has 4 nitrogen and oxygen atoms in total. The van der Waals surface area contributed by atoms with Gasteiger partial charge in [-0.3, -0.25) is 4.40 Å². The highest BCUT2D eigenvalue weighted by atomic mass is 35.5. The van der Waals surface area contributed by atoms with Crippen LogP contribution in [0.15, 0.2) is 29.6 Å². The molecule has 0 spiro atoms.